The predicted molar refractivity (Wildman–Crippen MR) is 234 cm³/mol. The summed E-state index contributed by atoms with van der Waals surface area (Å²) in [5, 5.41) is 0. The molecular weight excluding hydrogens is 665 g/mol. The van der Waals surface area contributed by atoms with Gasteiger partial charge in [-0.1, -0.05) is 208 Å². The SMILES string of the molecule is C=C1/C=C\C=C/c2ccccc2C12c1ccccc1-c1ccc(-c3cccc(C(C=C/C=C(\CCC)c4ccccc4)/C=C(\NN)c4ccccc4)c3)cc12. The van der Waals surface area contributed by atoms with Gasteiger partial charge in [0.25, 0.3) is 0 Å². The third-order valence-electron chi connectivity index (χ3n) is 11.0. The molecule has 6 aromatic carbocycles. The second-order valence-electron chi connectivity index (χ2n) is 14.3. The van der Waals surface area contributed by atoms with Gasteiger partial charge in [-0.2, -0.15) is 0 Å². The minimum atomic E-state index is -0.524. The zero-order valence-corrected chi connectivity index (χ0v) is 31.3. The van der Waals surface area contributed by atoms with Crippen LogP contribution >= 0.6 is 0 Å². The second kappa shape index (κ2) is 15.9. The molecule has 1 spiro atoms. The van der Waals surface area contributed by atoms with Crippen LogP contribution in [0.25, 0.3) is 39.6 Å². The second-order valence-corrected chi connectivity index (χ2v) is 14.3. The molecule has 2 aliphatic rings. The fraction of sp³-hybridized carbons (Fsp3) is 0.0943. The Morgan fingerprint density at radius 1 is 0.673 bits per heavy atom. The number of hydrogen-bond donors (Lipinski definition) is 2. The molecule has 55 heavy (non-hydrogen) atoms. The minimum absolute atomic E-state index is 0.0553. The maximum Gasteiger partial charge on any atom is 0.0713 e. The number of hydrogen-bond acceptors (Lipinski definition) is 2. The van der Waals surface area contributed by atoms with Gasteiger partial charge in [0.05, 0.1) is 11.1 Å². The highest BCUT2D eigenvalue weighted by atomic mass is 15.2. The minimum Gasteiger partial charge on any atom is -0.324 e. The van der Waals surface area contributed by atoms with Gasteiger partial charge in [-0.15, -0.1) is 0 Å². The number of allylic oxidation sites excluding steroid dienone is 9. The lowest BCUT2D eigenvalue weighted by molar-refractivity contribution is 0.767. The molecule has 3 N–H and O–H groups in total. The van der Waals surface area contributed by atoms with Gasteiger partial charge in [0.15, 0.2) is 0 Å². The Bertz CT molecular complexity index is 2500. The van der Waals surface area contributed by atoms with Gasteiger partial charge >= 0.3 is 0 Å². The molecule has 0 saturated carbocycles. The summed E-state index contributed by atoms with van der Waals surface area (Å²) in [7, 11) is 0. The Morgan fingerprint density at radius 3 is 2.13 bits per heavy atom. The summed E-state index contributed by atoms with van der Waals surface area (Å²) in [6.45, 7) is 7.00. The van der Waals surface area contributed by atoms with E-state index in [1.807, 2.05) is 18.2 Å². The molecule has 2 heteroatoms. The summed E-state index contributed by atoms with van der Waals surface area (Å²) in [6, 6.07) is 54.5. The van der Waals surface area contributed by atoms with Crippen molar-refractivity contribution in [3.8, 4) is 22.3 Å². The Balaban J connectivity index is 1.25. The predicted octanol–water partition coefficient (Wildman–Crippen LogP) is 12.8. The number of rotatable bonds is 10. The molecule has 0 heterocycles. The summed E-state index contributed by atoms with van der Waals surface area (Å²) >= 11 is 0. The summed E-state index contributed by atoms with van der Waals surface area (Å²) < 4.78 is 0. The van der Waals surface area contributed by atoms with Crippen molar-refractivity contribution in [1.82, 2.24) is 5.43 Å². The molecule has 0 aromatic heterocycles. The Hall–Kier alpha value is -6.48. The van der Waals surface area contributed by atoms with Gasteiger partial charge in [-0.25, -0.2) is 0 Å². The zero-order valence-electron chi connectivity index (χ0n) is 31.3. The van der Waals surface area contributed by atoms with Crippen molar-refractivity contribution in [3.05, 3.63) is 245 Å². The van der Waals surface area contributed by atoms with E-state index in [4.69, 9.17) is 12.4 Å². The van der Waals surface area contributed by atoms with Crippen LogP contribution in [0.3, 0.4) is 0 Å². The Morgan fingerprint density at radius 2 is 1.35 bits per heavy atom. The van der Waals surface area contributed by atoms with E-state index in [9.17, 15) is 0 Å². The molecule has 268 valence electrons. The van der Waals surface area contributed by atoms with Gasteiger partial charge < -0.3 is 5.43 Å². The highest BCUT2D eigenvalue weighted by Gasteiger charge is 2.47. The summed E-state index contributed by atoms with van der Waals surface area (Å²) in [5.41, 5.74) is 19.0. The van der Waals surface area contributed by atoms with E-state index in [-0.39, 0.29) is 5.92 Å². The van der Waals surface area contributed by atoms with Crippen molar-refractivity contribution in [2.24, 2.45) is 5.84 Å². The lowest BCUT2D eigenvalue weighted by atomic mass is 9.65. The van der Waals surface area contributed by atoms with E-state index in [1.165, 1.54) is 55.6 Å². The number of hydrazine groups is 1. The highest BCUT2D eigenvalue weighted by Crippen LogP contribution is 2.58. The molecular formula is C53H46N2. The Labute approximate surface area is 326 Å². The fourth-order valence-corrected chi connectivity index (χ4v) is 8.46. The van der Waals surface area contributed by atoms with Crippen molar-refractivity contribution in [1.29, 1.82) is 0 Å². The first-order valence-electron chi connectivity index (χ1n) is 19.3. The molecule has 0 radical (unpaired) electrons. The summed E-state index contributed by atoms with van der Waals surface area (Å²) in [4.78, 5) is 0. The molecule has 2 unspecified atom stereocenters. The maximum absolute atomic E-state index is 6.20. The quantitative estimate of drug-likeness (QED) is 0.0844. The van der Waals surface area contributed by atoms with E-state index in [1.54, 1.807) is 0 Å². The molecule has 0 aliphatic heterocycles. The molecule has 0 saturated heterocycles. The van der Waals surface area contributed by atoms with E-state index in [0.29, 0.717) is 0 Å². The summed E-state index contributed by atoms with van der Waals surface area (Å²) in [5.74, 6) is 6.14. The normalized spacial score (nSPS) is 17.9. The van der Waals surface area contributed by atoms with Gasteiger partial charge in [0.1, 0.15) is 0 Å². The Kier molecular flexibility index (Phi) is 10.3. The maximum atomic E-state index is 6.20. The van der Waals surface area contributed by atoms with Gasteiger partial charge in [-0.05, 0) is 90.9 Å². The third kappa shape index (κ3) is 6.78. The molecule has 0 fully saturated rings. The molecule has 0 bridgehead atoms. The van der Waals surface area contributed by atoms with Crippen LogP contribution in [0, 0.1) is 0 Å². The van der Waals surface area contributed by atoms with Crippen LogP contribution in [0.1, 0.15) is 64.6 Å². The first-order chi connectivity index (χ1) is 27.1. The summed E-state index contributed by atoms with van der Waals surface area (Å²) in [6.07, 6.45) is 19.7. The van der Waals surface area contributed by atoms with Crippen molar-refractivity contribution in [2.45, 2.75) is 31.1 Å². The molecule has 8 rings (SSSR count). The van der Waals surface area contributed by atoms with Crippen LogP contribution in [0.2, 0.25) is 0 Å². The van der Waals surface area contributed by atoms with Crippen LogP contribution in [-0.4, -0.2) is 0 Å². The van der Waals surface area contributed by atoms with Crippen molar-refractivity contribution < 1.29 is 0 Å². The van der Waals surface area contributed by atoms with Gasteiger partial charge in [0, 0.05) is 5.92 Å². The number of fused-ring (bicyclic) bond motifs is 7. The van der Waals surface area contributed by atoms with Crippen LogP contribution in [0.4, 0.5) is 0 Å². The van der Waals surface area contributed by atoms with Crippen LogP contribution < -0.4 is 11.3 Å². The molecule has 2 atom stereocenters. The molecule has 2 aliphatic carbocycles. The monoisotopic (exact) mass is 710 g/mol. The average molecular weight is 711 g/mol. The molecule has 6 aromatic rings. The first-order valence-corrected chi connectivity index (χ1v) is 19.3. The number of benzene rings is 6. The van der Waals surface area contributed by atoms with Gasteiger partial charge in [-0.3, -0.25) is 5.84 Å². The van der Waals surface area contributed by atoms with Crippen LogP contribution in [0.15, 0.2) is 206 Å². The van der Waals surface area contributed by atoms with E-state index in [0.717, 1.165) is 35.2 Å². The standard InChI is InChI=1S/C53H46N2/c1-3-18-39(40-20-6-4-7-21-40)26-16-29-45(37-52(55-54)42-24-8-5-9-25-42)43-27-17-28-44(35-43)46-33-34-48-47-30-13-15-32-50(47)53(51(48)36-46)38(2)19-10-11-22-41-23-12-14-31-49(41)53/h4-17,19-37,45,55H,2-3,18,54H2,1H3/b19-10-,22-11-,29-16?,39-26+,52-37-. The highest BCUT2D eigenvalue weighted by molar-refractivity contribution is 5.90. The first kappa shape index (κ1) is 35.5. The molecule has 2 nitrogen and oxygen atoms in total. The molecule has 0 amide bonds. The zero-order chi connectivity index (χ0) is 37.6. The van der Waals surface area contributed by atoms with E-state index < -0.39 is 5.41 Å². The fourth-order valence-electron chi connectivity index (χ4n) is 8.46. The van der Waals surface area contributed by atoms with Crippen molar-refractivity contribution >= 4 is 17.3 Å². The van der Waals surface area contributed by atoms with Crippen molar-refractivity contribution in [2.75, 3.05) is 0 Å². The van der Waals surface area contributed by atoms with Crippen LogP contribution in [0.5, 0.6) is 0 Å². The lowest BCUT2D eigenvalue weighted by Gasteiger charge is -2.36. The lowest BCUT2D eigenvalue weighted by Crippen LogP contribution is -2.29. The number of nitrogens with one attached hydrogen (secondary N) is 1. The van der Waals surface area contributed by atoms with Gasteiger partial charge in [0.2, 0.25) is 0 Å². The largest absolute Gasteiger partial charge is 0.324 e. The number of nitrogens with two attached hydrogens (primary N) is 1. The average Bonchev–Trinajstić information content (AvgIpc) is 3.54. The topological polar surface area (TPSA) is 38.0 Å². The van der Waals surface area contributed by atoms with Crippen molar-refractivity contribution in [3.63, 3.8) is 0 Å². The van der Waals surface area contributed by atoms with Crippen LogP contribution in [-0.2, 0) is 5.41 Å². The smallest absolute Gasteiger partial charge is 0.0713 e. The van der Waals surface area contributed by atoms with E-state index >= 15 is 0 Å². The third-order valence-corrected chi connectivity index (χ3v) is 11.0. The van der Waals surface area contributed by atoms with E-state index in [2.05, 4.69) is 194 Å².